The maximum atomic E-state index is 11.6. The van der Waals surface area contributed by atoms with Crippen molar-refractivity contribution in [1.82, 2.24) is 14.5 Å². The predicted octanol–water partition coefficient (Wildman–Crippen LogP) is -0.800. The molecule has 2 aromatic heterocycles. The molecule has 0 aromatic carbocycles. The Hall–Kier alpha value is -2.52. The van der Waals surface area contributed by atoms with Crippen LogP contribution in [-0.2, 0) is 17.1 Å². The van der Waals surface area contributed by atoms with E-state index in [1.807, 2.05) is 0 Å². The molecule has 23 heavy (non-hydrogen) atoms. The van der Waals surface area contributed by atoms with Gasteiger partial charge in [0, 0.05) is 13.5 Å². The largest absolute Gasteiger partial charge is 0.478 e. The number of aromatic nitrogens is 4. The molecule has 1 aliphatic rings. The molecule has 0 unspecified atom stereocenters. The molecule has 0 bridgehead atoms. The summed E-state index contributed by atoms with van der Waals surface area (Å²) < 4.78 is 3.03. The Balaban J connectivity index is 2.28. The second-order valence-electron chi connectivity index (χ2n) is 5.95. The number of rotatable bonds is 3. The predicted molar refractivity (Wildman–Crippen MR) is 79.5 cm³/mol. The highest BCUT2D eigenvalue weighted by molar-refractivity contribution is 5.88. The Labute approximate surface area is 131 Å². The van der Waals surface area contributed by atoms with E-state index >= 15 is 0 Å². The molecule has 4 N–H and O–H groups in total. The molecule has 122 valence electrons. The molecule has 9 nitrogen and oxygen atoms in total. The summed E-state index contributed by atoms with van der Waals surface area (Å²) in [5.41, 5.74) is -2.73. The quantitative estimate of drug-likeness (QED) is 0.431. The van der Waals surface area contributed by atoms with E-state index in [1.54, 1.807) is 17.0 Å². The van der Waals surface area contributed by atoms with Crippen LogP contribution in [0.1, 0.15) is 13.8 Å². The number of hydrogen-bond donors (Lipinski definition) is 4. The molecular weight excluding hydrogens is 302 g/mol. The van der Waals surface area contributed by atoms with Crippen LogP contribution in [0.4, 0.5) is 5.82 Å². The van der Waals surface area contributed by atoms with Crippen molar-refractivity contribution in [3.8, 4) is 0 Å². The van der Waals surface area contributed by atoms with Crippen LogP contribution in [0.2, 0.25) is 0 Å². The number of carboxylic acids is 1. The van der Waals surface area contributed by atoms with E-state index in [0.717, 1.165) is 0 Å². The number of fused-ring (bicyclic) bond motifs is 3. The summed E-state index contributed by atoms with van der Waals surface area (Å²) in [7, 11) is 0. The minimum Gasteiger partial charge on any atom is -0.478 e. The van der Waals surface area contributed by atoms with Gasteiger partial charge in [0.1, 0.15) is 0 Å². The first-order valence-corrected chi connectivity index (χ1v) is 7.02. The number of aliphatic hydroxyl groups is 2. The third-order valence-electron chi connectivity index (χ3n) is 4.27. The highest BCUT2D eigenvalue weighted by atomic mass is 16.4. The number of allylic oxidation sites excluding steroid dienone is 1. The van der Waals surface area contributed by atoms with Gasteiger partial charge >= 0.3 is 5.97 Å². The fraction of sp³-hybridized carbons (Fsp3) is 0.429. The third-order valence-corrected chi connectivity index (χ3v) is 4.27. The fourth-order valence-electron chi connectivity index (χ4n) is 2.86. The van der Waals surface area contributed by atoms with Crippen LogP contribution in [0, 0.1) is 0 Å². The summed E-state index contributed by atoms with van der Waals surface area (Å²) in [5, 5.41) is 33.3. The lowest BCUT2D eigenvalue weighted by Crippen LogP contribution is -2.75. The van der Waals surface area contributed by atoms with Crippen molar-refractivity contribution in [3.05, 3.63) is 25.3 Å². The van der Waals surface area contributed by atoms with E-state index in [2.05, 4.69) is 21.9 Å². The van der Waals surface area contributed by atoms with Crippen LogP contribution in [-0.4, -0.2) is 47.5 Å². The number of hydrogen-bond acceptors (Lipinski definition) is 6. The zero-order valence-electron chi connectivity index (χ0n) is 12.8. The minimum absolute atomic E-state index is 0.276. The Kier molecular flexibility index (Phi) is 3.17. The molecule has 3 heterocycles. The van der Waals surface area contributed by atoms with Crippen LogP contribution in [0.15, 0.2) is 25.3 Å². The van der Waals surface area contributed by atoms with Crippen molar-refractivity contribution >= 4 is 23.0 Å². The average molecular weight is 320 g/mol. The smallest absolute Gasteiger partial charge is 0.346 e. The molecule has 0 aliphatic carbocycles. The van der Waals surface area contributed by atoms with Gasteiger partial charge in [0.15, 0.2) is 11.6 Å². The van der Waals surface area contributed by atoms with Gasteiger partial charge in [-0.1, -0.05) is 11.1 Å². The highest BCUT2D eigenvalue weighted by Crippen LogP contribution is 2.33. The van der Waals surface area contributed by atoms with Gasteiger partial charge in [-0.3, -0.25) is 9.88 Å². The van der Waals surface area contributed by atoms with Gasteiger partial charge in [-0.15, -0.1) is 6.58 Å². The molecule has 0 fully saturated rings. The summed E-state index contributed by atoms with van der Waals surface area (Å²) in [5.74, 6) is -1.01. The molecule has 0 spiro atoms. The van der Waals surface area contributed by atoms with Gasteiger partial charge in [-0.25, -0.2) is 14.3 Å². The normalized spacial score (nSPS) is 29.8. The lowest BCUT2D eigenvalue weighted by atomic mass is 9.85. The van der Waals surface area contributed by atoms with Gasteiger partial charge in [0.2, 0.25) is 23.2 Å². The maximum absolute atomic E-state index is 11.6. The monoisotopic (exact) mass is 320 g/mol. The van der Waals surface area contributed by atoms with Crippen molar-refractivity contribution < 1.29 is 24.7 Å². The van der Waals surface area contributed by atoms with E-state index in [9.17, 15) is 20.1 Å². The summed E-state index contributed by atoms with van der Waals surface area (Å²) in [6.45, 7) is 6.79. The number of imidazole rings is 1. The Morgan fingerprint density at radius 1 is 1.57 bits per heavy atom. The average Bonchev–Trinajstić information content (AvgIpc) is 2.89. The Morgan fingerprint density at radius 2 is 2.26 bits per heavy atom. The zero-order valence-corrected chi connectivity index (χ0v) is 12.8. The van der Waals surface area contributed by atoms with Gasteiger partial charge in [-0.05, 0) is 6.92 Å². The van der Waals surface area contributed by atoms with Crippen molar-refractivity contribution in [1.29, 1.82) is 0 Å². The number of carboxylic acid groups (broad SMARTS) is 1. The van der Waals surface area contributed by atoms with Crippen molar-refractivity contribution in [2.45, 2.75) is 37.8 Å². The SMILES string of the molecule is C=CCn1cnc2c3[n+](cnc21)[C@](C)(O)[C@H](O)[C@@](C)(C(=O)O)N3. The minimum atomic E-state index is -1.86. The van der Waals surface area contributed by atoms with Crippen LogP contribution in [0.3, 0.4) is 0 Å². The number of nitrogens with one attached hydrogen (secondary N) is 1. The topological polar surface area (TPSA) is 124 Å². The fourth-order valence-corrected chi connectivity index (χ4v) is 2.86. The number of anilines is 1. The second kappa shape index (κ2) is 4.74. The number of nitrogens with zero attached hydrogens (tertiary/aromatic N) is 4. The molecule has 0 amide bonds. The van der Waals surface area contributed by atoms with Crippen LogP contribution >= 0.6 is 0 Å². The molecule has 3 rings (SSSR count). The van der Waals surface area contributed by atoms with Crippen molar-refractivity contribution in [3.63, 3.8) is 0 Å². The summed E-state index contributed by atoms with van der Waals surface area (Å²) in [6, 6.07) is 0. The molecule has 0 saturated carbocycles. The van der Waals surface area contributed by atoms with E-state index in [0.29, 0.717) is 17.7 Å². The van der Waals surface area contributed by atoms with Crippen molar-refractivity contribution in [2.24, 2.45) is 0 Å². The highest BCUT2D eigenvalue weighted by Gasteiger charge is 2.59. The maximum Gasteiger partial charge on any atom is 0.346 e. The van der Waals surface area contributed by atoms with Crippen LogP contribution < -0.4 is 9.88 Å². The van der Waals surface area contributed by atoms with Gasteiger partial charge < -0.3 is 15.3 Å². The first-order valence-electron chi connectivity index (χ1n) is 7.02. The third kappa shape index (κ3) is 1.93. The molecule has 0 saturated heterocycles. The van der Waals surface area contributed by atoms with E-state index in [1.165, 1.54) is 24.7 Å². The molecule has 2 aromatic rings. The number of aliphatic carboxylic acids is 1. The first kappa shape index (κ1) is 15.4. The Bertz CT molecular complexity index is 815. The molecule has 3 atom stereocenters. The molecule has 9 heteroatoms. The summed E-state index contributed by atoms with van der Waals surface area (Å²) in [4.78, 5) is 20.1. The zero-order chi connectivity index (χ0) is 17.0. The van der Waals surface area contributed by atoms with Gasteiger partial charge in [0.25, 0.3) is 5.82 Å². The number of aliphatic hydroxyl groups excluding tert-OH is 1. The lowest BCUT2D eigenvalue weighted by Gasteiger charge is -2.41. The van der Waals surface area contributed by atoms with Gasteiger partial charge in [-0.2, -0.15) is 0 Å². The molecule has 1 aliphatic heterocycles. The van der Waals surface area contributed by atoms with Crippen LogP contribution in [0.5, 0.6) is 0 Å². The van der Waals surface area contributed by atoms with Crippen molar-refractivity contribution in [2.75, 3.05) is 5.32 Å². The Morgan fingerprint density at radius 3 is 2.87 bits per heavy atom. The summed E-state index contributed by atoms with van der Waals surface area (Å²) in [6.07, 6.45) is 2.99. The first-order chi connectivity index (χ1) is 10.7. The lowest BCUT2D eigenvalue weighted by molar-refractivity contribution is -0.807. The van der Waals surface area contributed by atoms with Crippen LogP contribution in [0.25, 0.3) is 11.2 Å². The van der Waals surface area contributed by atoms with E-state index in [4.69, 9.17) is 0 Å². The summed E-state index contributed by atoms with van der Waals surface area (Å²) >= 11 is 0. The van der Waals surface area contributed by atoms with Gasteiger partial charge in [0.05, 0.1) is 6.33 Å². The standard InChI is InChI=1S/C14H17N5O4/c1-4-5-18-6-15-8-9(18)16-7-19-10(8)17-13(2,12(21)22)11(20)14(19,3)23/h4,6-7,11,20,23H,1,5H2,2-3H3,(H,21,22)/p+1/t11-,13+,14-/m1/s1. The number of carbonyl (C=O) groups is 1. The molecule has 0 radical (unpaired) electrons. The van der Waals surface area contributed by atoms with E-state index in [-0.39, 0.29) is 5.82 Å². The second-order valence-corrected chi connectivity index (χ2v) is 5.95. The van der Waals surface area contributed by atoms with E-state index < -0.39 is 23.3 Å². The molecular formula is C14H18N5O4+.